The number of aromatic nitrogens is 1. The Morgan fingerprint density at radius 3 is 2.52 bits per heavy atom. The molecule has 0 radical (unpaired) electrons. The van der Waals surface area contributed by atoms with Crippen LogP contribution in [0.25, 0.3) is 10.9 Å². The monoisotopic (exact) mass is 403 g/mol. The normalized spacial score (nSPS) is 14.7. The molecule has 0 saturated heterocycles. The second-order valence-electron chi connectivity index (χ2n) is 6.99. The second-order valence-corrected chi connectivity index (χ2v) is 7.81. The number of carboxylic acids is 1. The zero-order chi connectivity index (χ0) is 19.0. The van der Waals surface area contributed by atoms with Crippen LogP contribution in [0.4, 0.5) is 0 Å². The lowest BCUT2D eigenvalue weighted by molar-refractivity contribution is -0.136. The molecule has 1 saturated carbocycles. The van der Waals surface area contributed by atoms with E-state index < -0.39 is 5.97 Å². The summed E-state index contributed by atoms with van der Waals surface area (Å²) in [5, 5.41) is 10.7. The Balaban J connectivity index is 1.65. The summed E-state index contributed by atoms with van der Waals surface area (Å²) in [4.78, 5) is 14.2. The van der Waals surface area contributed by atoms with Crippen LogP contribution in [0.3, 0.4) is 0 Å². The molecule has 1 aromatic heterocycles. The first-order valence-corrected chi connectivity index (χ1v) is 9.75. The van der Waals surface area contributed by atoms with E-state index in [1.807, 2.05) is 18.2 Å². The second kappa shape index (κ2) is 7.45. The molecule has 27 heavy (non-hydrogen) atoms. The van der Waals surface area contributed by atoms with Gasteiger partial charge in [-0.25, -0.2) is 0 Å². The van der Waals surface area contributed by atoms with E-state index in [0.29, 0.717) is 33.0 Å². The van der Waals surface area contributed by atoms with Crippen LogP contribution in [0.2, 0.25) is 10.0 Å². The molecule has 4 nitrogen and oxygen atoms in total. The minimum Gasteiger partial charge on any atom is -0.481 e. The molecule has 2 N–H and O–H groups in total. The zero-order valence-electron chi connectivity index (χ0n) is 14.6. The number of fused-ring (bicyclic) bond motifs is 1. The highest BCUT2D eigenvalue weighted by Gasteiger charge is 2.20. The fourth-order valence-corrected chi connectivity index (χ4v) is 4.47. The Morgan fingerprint density at radius 2 is 1.85 bits per heavy atom. The molecular formula is C21H19Cl2NO3. The van der Waals surface area contributed by atoms with Gasteiger partial charge in [-0.05, 0) is 60.2 Å². The molecule has 1 aliphatic carbocycles. The molecule has 1 fully saturated rings. The quantitative estimate of drug-likeness (QED) is 0.507. The molecule has 140 valence electrons. The summed E-state index contributed by atoms with van der Waals surface area (Å²) in [5.74, 6) is 0.644. The third-order valence-electron chi connectivity index (χ3n) is 5.11. The minimum atomic E-state index is -0.937. The van der Waals surface area contributed by atoms with E-state index in [1.165, 1.54) is 31.2 Å². The van der Waals surface area contributed by atoms with Crippen molar-refractivity contribution in [3.63, 3.8) is 0 Å². The smallest absolute Gasteiger partial charge is 0.307 e. The van der Waals surface area contributed by atoms with Crippen molar-refractivity contribution in [3.05, 3.63) is 57.7 Å². The van der Waals surface area contributed by atoms with E-state index in [9.17, 15) is 4.79 Å². The molecule has 0 aliphatic heterocycles. The SMILES string of the molecule is O=C(O)Cc1cc(Cl)c(Oc2ccc3[nH]cc(C4CCCC4)c3c2)c(Cl)c1. The molecule has 1 aliphatic rings. The fraction of sp³-hybridized carbons (Fsp3) is 0.286. The maximum absolute atomic E-state index is 10.9. The van der Waals surface area contributed by atoms with Crippen LogP contribution in [0.5, 0.6) is 11.5 Å². The Morgan fingerprint density at radius 1 is 1.15 bits per heavy atom. The first kappa shape index (κ1) is 18.2. The number of carboxylic acid groups (broad SMARTS) is 1. The number of ether oxygens (including phenoxy) is 1. The molecule has 1 heterocycles. The average Bonchev–Trinajstić information content (AvgIpc) is 3.26. The van der Waals surface area contributed by atoms with E-state index in [0.717, 1.165) is 10.9 Å². The van der Waals surface area contributed by atoms with Crippen LogP contribution in [0.15, 0.2) is 36.5 Å². The molecule has 6 heteroatoms. The summed E-state index contributed by atoms with van der Waals surface area (Å²) in [5.41, 5.74) is 2.95. The van der Waals surface area contributed by atoms with Gasteiger partial charge in [-0.1, -0.05) is 36.0 Å². The minimum absolute atomic E-state index is 0.139. The predicted molar refractivity (Wildman–Crippen MR) is 107 cm³/mol. The van der Waals surface area contributed by atoms with Crippen LogP contribution in [0, 0.1) is 0 Å². The van der Waals surface area contributed by atoms with Crippen LogP contribution >= 0.6 is 23.2 Å². The van der Waals surface area contributed by atoms with Crippen LogP contribution in [-0.2, 0) is 11.2 Å². The lowest BCUT2D eigenvalue weighted by atomic mass is 9.97. The van der Waals surface area contributed by atoms with E-state index in [4.69, 9.17) is 33.0 Å². The van der Waals surface area contributed by atoms with E-state index >= 15 is 0 Å². The maximum atomic E-state index is 10.9. The standard InChI is InChI=1S/C21H19Cl2NO3/c22-17-7-12(9-20(25)26)8-18(23)21(17)27-14-5-6-19-15(10-14)16(11-24-19)13-3-1-2-4-13/h5-8,10-11,13,24H,1-4,9H2,(H,25,26). The van der Waals surface area contributed by atoms with Gasteiger partial charge < -0.3 is 14.8 Å². The van der Waals surface area contributed by atoms with Crippen LogP contribution < -0.4 is 4.74 Å². The van der Waals surface area contributed by atoms with Gasteiger partial charge >= 0.3 is 5.97 Å². The van der Waals surface area contributed by atoms with Crippen molar-refractivity contribution in [1.29, 1.82) is 0 Å². The molecule has 4 rings (SSSR count). The Bertz CT molecular complexity index is 983. The third kappa shape index (κ3) is 3.78. The summed E-state index contributed by atoms with van der Waals surface area (Å²) in [6.45, 7) is 0. The van der Waals surface area contributed by atoms with E-state index in [2.05, 4.69) is 11.2 Å². The van der Waals surface area contributed by atoms with Crippen molar-refractivity contribution in [3.8, 4) is 11.5 Å². The Labute approximate surface area is 167 Å². The van der Waals surface area contributed by atoms with Crippen molar-refractivity contribution < 1.29 is 14.6 Å². The van der Waals surface area contributed by atoms with Crippen molar-refractivity contribution in [2.45, 2.75) is 38.0 Å². The molecule has 3 aromatic rings. The first-order chi connectivity index (χ1) is 13.0. The summed E-state index contributed by atoms with van der Waals surface area (Å²) in [6, 6.07) is 9.03. The van der Waals surface area contributed by atoms with Crippen molar-refractivity contribution >= 4 is 40.1 Å². The van der Waals surface area contributed by atoms with Gasteiger partial charge in [0.25, 0.3) is 0 Å². The van der Waals surface area contributed by atoms with Crippen LogP contribution in [-0.4, -0.2) is 16.1 Å². The highest BCUT2D eigenvalue weighted by Crippen LogP contribution is 2.41. The number of nitrogens with one attached hydrogen (secondary N) is 1. The van der Waals surface area contributed by atoms with Crippen molar-refractivity contribution in [1.82, 2.24) is 4.98 Å². The number of aromatic amines is 1. The van der Waals surface area contributed by atoms with E-state index in [-0.39, 0.29) is 6.42 Å². The van der Waals surface area contributed by atoms with Crippen molar-refractivity contribution in [2.24, 2.45) is 0 Å². The molecule has 0 unspecified atom stereocenters. The lowest BCUT2D eigenvalue weighted by Gasteiger charge is -2.12. The molecule has 0 bridgehead atoms. The van der Waals surface area contributed by atoms with Gasteiger partial charge in [0.2, 0.25) is 0 Å². The van der Waals surface area contributed by atoms with Gasteiger partial charge in [0, 0.05) is 17.1 Å². The summed E-state index contributed by atoms with van der Waals surface area (Å²) < 4.78 is 5.97. The van der Waals surface area contributed by atoms with Gasteiger partial charge in [-0.3, -0.25) is 4.79 Å². The number of halogens is 2. The number of aliphatic carboxylic acids is 1. The highest BCUT2D eigenvalue weighted by atomic mass is 35.5. The number of hydrogen-bond donors (Lipinski definition) is 2. The molecule has 0 atom stereocenters. The number of benzene rings is 2. The Hall–Kier alpha value is -2.17. The largest absolute Gasteiger partial charge is 0.481 e. The van der Waals surface area contributed by atoms with Gasteiger partial charge in [0.05, 0.1) is 16.5 Å². The number of rotatable bonds is 5. The van der Waals surface area contributed by atoms with Crippen LogP contribution in [0.1, 0.15) is 42.7 Å². The van der Waals surface area contributed by atoms with Crippen molar-refractivity contribution in [2.75, 3.05) is 0 Å². The fourth-order valence-electron chi connectivity index (χ4n) is 3.86. The maximum Gasteiger partial charge on any atom is 0.307 e. The van der Waals surface area contributed by atoms with Gasteiger partial charge in [-0.15, -0.1) is 0 Å². The summed E-state index contributed by atoms with van der Waals surface area (Å²) in [6.07, 6.45) is 6.97. The number of H-pyrrole nitrogens is 1. The molecule has 0 amide bonds. The first-order valence-electron chi connectivity index (χ1n) is 9.00. The zero-order valence-corrected chi connectivity index (χ0v) is 16.1. The van der Waals surface area contributed by atoms with Gasteiger partial charge in [0.1, 0.15) is 5.75 Å². The number of hydrogen-bond acceptors (Lipinski definition) is 2. The van der Waals surface area contributed by atoms with Gasteiger partial charge in [0.15, 0.2) is 5.75 Å². The molecule has 2 aromatic carbocycles. The summed E-state index contributed by atoms with van der Waals surface area (Å²) in [7, 11) is 0. The Kier molecular flexibility index (Phi) is 5.02. The topological polar surface area (TPSA) is 62.3 Å². The molecular weight excluding hydrogens is 385 g/mol. The highest BCUT2D eigenvalue weighted by molar-refractivity contribution is 6.37. The lowest BCUT2D eigenvalue weighted by Crippen LogP contribution is -2.00. The third-order valence-corrected chi connectivity index (χ3v) is 5.68. The summed E-state index contributed by atoms with van der Waals surface area (Å²) >= 11 is 12.6. The number of carbonyl (C=O) groups is 1. The van der Waals surface area contributed by atoms with Gasteiger partial charge in [-0.2, -0.15) is 0 Å². The predicted octanol–water partition coefficient (Wildman–Crippen LogP) is 6.55. The average molecular weight is 404 g/mol. The molecule has 0 spiro atoms. The van der Waals surface area contributed by atoms with E-state index in [1.54, 1.807) is 12.1 Å².